The van der Waals surface area contributed by atoms with Gasteiger partial charge in [-0.05, 0) is 18.0 Å². The summed E-state index contributed by atoms with van der Waals surface area (Å²) in [7, 11) is 0. The van der Waals surface area contributed by atoms with Crippen LogP contribution in [-0.4, -0.2) is 25.0 Å². The maximum absolute atomic E-state index is 12.3. The van der Waals surface area contributed by atoms with Crippen molar-refractivity contribution in [2.75, 3.05) is 0 Å². The number of nitrogens with zero attached hydrogens (tertiary/aromatic N) is 4. The van der Waals surface area contributed by atoms with Crippen molar-refractivity contribution in [3.05, 3.63) is 70.7 Å². The van der Waals surface area contributed by atoms with Crippen LogP contribution in [0.4, 0.5) is 0 Å². The van der Waals surface area contributed by atoms with E-state index in [-0.39, 0.29) is 10.7 Å². The van der Waals surface area contributed by atoms with Gasteiger partial charge >= 0.3 is 5.69 Å². The molecule has 3 aromatic rings. The number of nitriles is 1. The Hall–Kier alpha value is -3.42. The van der Waals surface area contributed by atoms with Crippen LogP contribution in [0.2, 0.25) is 10.0 Å². The number of benzene rings is 1. The van der Waals surface area contributed by atoms with Crippen molar-refractivity contribution in [3.63, 3.8) is 0 Å². The zero-order valence-corrected chi connectivity index (χ0v) is 15.3. The smallest absolute Gasteiger partial charge is 0.349 e. The van der Waals surface area contributed by atoms with Crippen molar-refractivity contribution in [2.24, 2.45) is 0 Å². The fourth-order valence-electron chi connectivity index (χ4n) is 2.07. The zero-order valence-electron chi connectivity index (χ0n) is 21.8. The number of hydrogen-bond acceptors (Lipinski definition) is 7. The van der Waals surface area contributed by atoms with Crippen LogP contribution in [-0.2, 0) is 0 Å². The van der Waals surface area contributed by atoms with Gasteiger partial charge in [-0.25, -0.2) is 9.89 Å². The lowest BCUT2D eigenvalue weighted by atomic mass is 10.1. The zero-order chi connectivity index (χ0) is 28.1. The summed E-state index contributed by atoms with van der Waals surface area (Å²) in [6.45, 7) is -6.96. The second-order valence-corrected chi connectivity index (χ2v) is 5.99. The Bertz CT molecular complexity index is 1610. The summed E-state index contributed by atoms with van der Waals surface area (Å²) in [4.78, 5) is 37.9. The van der Waals surface area contributed by atoms with Crippen LogP contribution in [0.25, 0.3) is 5.69 Å². The van der Waals surface area contributed by atoms with Crippen LogP contribution in [0.5, 0.6) is 11.6 Å². The summed E-state index contributed by atoms with van der Waals surface area (Å²) in [6.07, 6.45) is 0. The van der Waals surface area contributed by atoms with E-state index >= 15 is 0 Å². The molecule has 1 aromatic carbocycles. The number of aromatic nitrogens is 5. The molecule has 0 bridgehead atoms. The van der Waals surface area contributed by atoms with Gasteiger partial charge in [0, 0.05) is 21.2 Å². The molecule has 3 rings (SSSR count). The van der Waals surface area contributed by atoms with Gasteiger partial charge in [0.05, 0.1) is 17.1 Å². The Balaban J connectivity index is 2.17. The number of rotatable bonds is 4. The summed E-state index contributed by atoms with van der Waals surface area (Å²) in [5.41, 5.74) is -5.54. The largest absolute Gasteiger partial charge is 0.434 e. The maximum Gasteiger partial charge on any atom is 0.349 e. The van der Waals surface area contributed by atoms with Gasteiger partial charge in [-0.2, -0.15) is 9.94 Å². The second-order valence-electron chi connectivity index (χ2n) is 5.20. The summed E-state index contributed by atoms with van der Waals surface area (Å²) >= 11 is 12.4. The van der Waals surface area contributed by atoms with Crippen molar-refractivity contribution in [2.45, 2.75) is 19.6 Å². The quantitative estimate of drug-likeness (QED) is 0.628. The van der Waals surface area contributed by atoms with Gasteiger partial charge in [-0.15, -0.1) is 10.2 Å². The number of hydrogen-bond donors (Lipinski definition) is 2. The SMILES string of the molecule is [2H]c1c(-n2nc(C#N)c(=O)[nH]c2=O)cc(Cl)c(Oc2cc(C([2H])(C([2H])([2H])[2H])C([2H])([2H])[2H])c(=O)[nH]n2)c1Cl. The lowest BCUT2D eigenvalue weighted by molar-refractivity contribution is 0.452. The number of ether oxygens (including phenoxy) is 1. The highest BCUT2D eigenvalue weighted by molar-refractivity contribution is 6.37. The first kappa shape index (κ1) is 12.2. The van der Waals surface area contributed by atoms with E-state index in [0.29, 0.717) is 10.7 Å². The highest BCUT2D eigenvalue weighted by Gasteiger charge is 2.16. The van der Waals surface area contributed by atoms with Crippen LogP contribution in [0.15, 0.2) is 32.6 Å². The van der Waals surface area contributed by atoms with E-state index in [9.17, 15) is 14.4 Å². The number of halogens is 2. The van der Waals surface area contributed by atoms with Gasteiger partial charge in [-0.1, -0.05) is 36.9 Å². The average Bonchev–Trinajstić information content (AvgIpc) is 2.78. The lowest BCUT2D eigenvalue weighted by Crippen LogP contribution is -2.33. The standard InChI is InChI=1S/C17H12Cl2N6O4/c1-7(2)9-5-13(22-23-15(9)26)29-14-10(18)3-8(4-11(14)19)25-17(28)21-16(27)12(6-20)24-25/h3-5,7H,1-2H3,(H,23,26)(H,21,27,28)/i1D3,2D3,3D,7D. The molecule has 0 unspecified atom stereocenters. The monoisotopic (exact) mass is 442 g/mol. The van der Waals surface area contributed by atoms with Gasteiger partial charge < -0.3 is 4.74 Å². The Labute approximate surface area is 183 Å². The molecule has 0 saturated heterocycles. The first-order chi connectivity index (χ1) is 16.9. The van der Waals surface area contributed by atoms with Crippen molar-refractivity contribution in [1.82, 2.24) is 25.0 Å². The third-order valence-corrected chi connectivity index (χ3v) is 3.88. The summed E-state index contributed by atoms with van der Waals surface area (Å²) in [5.74, 6) is -4.50. The van der Waals surface area contributed by atoms with Crippen LogP contribution in [0, 0.1) is 11.3 Å². The van der Waals surface area contributed by atoms with Crippen LogP contribution in [0.1, 0.15) is 41.8 Å². The summed E-state index contributed by atoms with van der Waals surface area (Å²) in [5, 5.41) is 17.0. The van der Waals surface area contributed by atoms with Gasteiger partial charge in [0.1, 0.15) is 6.07 Å². The number of H-pyrrole nitrogens is 2. The predicted octanol–water partition coefficient (Wildman–Crippen LogP) is 2.10. The van der Waals surface area contributed by atoms with E-state index in [1.165, 1.54) is 6.07 Å². The number of nitrogens with one attached hydrogen (secondary N) is 2. The van der Waals surface area contributed by atoms with E-state index in [1.807, 2.05) is 10.1 Å². The summed E-state index contributed by atoms with van der Waals surface area (Å²) < 4.78 is 67.7. The second kappa shape index (κ2) is 7.90. The van der Waals surface area contributed by atoms with E-state index in [0.717, 1.165) is 6.07 Å². The molecule has 0 spiro atoms. The van der Waals surface area contributed by atoms with Crippen molar-refractivity contribution < 1.29 is 15.7 Å². The third-order valence-electron chi connectivity index (χ3n) is 3.34. The molecular formula is C17H12Cl2N6O4. The highest BCUT2D eigenvalue weighted by Crippen LogP contribution is 2.37. The molecule has 2 aromatic heterocycles. The minimum absolute atomic E-state index is 0.370. The molecule has 2 N–H and O–H groups in total. The fraction of sp³-hybridized carbons (Fsp3) is 0.176. The normalized spacial score (nSPS) is 16.0. The maximum atomic E-state index is 12.3. The molecule has 0 aliphatic carbocycles. The first-order valence-electron chi connectivity index (χ1n) is 11.3. The number of aromatic amines is 2. The van der Waals surface area contributed by atoms with Gasteiger partial charge in [0.2, 0.25) is 11.6 Å². The van der Waals surface area contributed by atoms with E-state index in [4.69, 9.17) is 44.2 Å². The molecule has 0 atom stereocenters. The van der Waals surface area contributed by atoms with E-state index < -0.39 is 70.4 Å². The molecule has 0 saturated carbocycles. The minimum atomic E-state index is -3.48. The molecule has 0 radical (unpaired) electrons. The Morgan fingerprint density at radius 1 is 1.31 bits per heavy atom. The Morgan fingerprint density at radius 3 is 2.76 bits per heavy atom. The van der Waals surface area contributed by atoms with Crippen LogP contribution >= 0.6 is 23.2 Å². The highest BCUT2D eigenvalue weighted by atomic mass is 35.5. The Morgan fingerprint density at radius 2 is 2.07 bits per heavy atom. The molecule has 0 fully saturated rings. The van der Waals surface area contributed by atoms with Crippen molar-refractivity contribution >= 4 is 23.2 Å². The molecule has 148 valence electrons. The van der Waals surface area contributed by atoms with E-state index in [1.54, 1.807) is 0 Å². The molecule has 29 heavy (non-hydrogen) atoms. The molecule has 0 aliphatic heterocycles. The van der Waals surface area contributed by atoms with E-state index in [2.05, 4.69) is 10.2 Å². The van der Waals surface area contributed by atoms with Gasteiger partial charge in [0.15, 0.2) is 5.75 Å². The fourth-order valence-corrected chi connectivity index (χ4v) is 2.59. The van der Waals surface area contributed by atoms with Gasteiger partial charge in [-0.3, -0.25) is 14.6 Å². The Kier molecular flexibility index (Phi) is 3.33. The average molecular weight is 443 g/mol. The van der Waals surface area contributed by atoms with Gasteiger partial charge in [0.25, 0.3) is 11.1 Å². The molecule has 0 aliphatic rings. The van der Waals surface area contributed by atoms with Crippen LogP contribution in [0.3, 0.4) is 0 Å². The molecule has 10 nitrogen and oxygen atoms in total. The molecule has 0 amide bonds. The lowest BCUT2D eigenvalue weighted by Gasteiger charge is -2.12. The van der Waals surface area contributed by atoms with Crippen molar-refractivity contribution in [3.8, 4) is 23.4 Å². The van der Waals surface area contributed by atoms with Crippen molar-refractivity contribution in [1.29, 1.82) is 5.26 Å². The summed E-state index contributed by atoms with van der Waals surface area (Å²) in [6, 6.07) is 2.42. The molecule has 12 heteroatoms. The predicted molar refractivity (Wildman–Crippen MR) is 104 cm³/mol. The third kappa shape index (κ3) is 4.06. The molecular weight excluding hydrogens is 423 g/mol. The minimum Gasteiger partial charge on any atom is -0.434 e. The topological polar surface area (TPSA) is 147 Å². The first-order valence-corrected chi connectivity index (χ1v) is 8.10. The van der Waals surface area contributed by atoms with Crippen LogP contribution < -0.4 is 21.5 Å². The molecule has 2 heterocycles.